The fourth-order valence-electron chi connectivity index (χ4n) is 1.13. The third kappa shape index (κ3) is 4.87. The van der Waals surface area contributed by atoms with E-state index in [1.54, 1.807) is 6.92 Å². The summed E-state index contributed by atoms with van der Waals surface area (Å²) in [4.78, 5) is 30.7. The van der Waals surface area contributed by atoms with Crippen LogP contribution in [-0.2, 0) is 20.8 Å². The molecule has 0 aliphatic carbocycles. The molecular weight excluding hydrogens is 292 g/mol. The highest BCUT2D eigenvalue weighted by Crippen LogP contribution is 2.27. The van der Waals surface area contributed by atoms with E-state index < -0.39 is 11.9 Å². The first-order valence-electron chi connectivity index (χ1n) is 5.08. The molecule has 1 aromatic rings. The van der Waals surface area contributed by atoms with E-state index in [0.717, 1.165) is 0 Å². The number of hydrogen-bond donors (Lipinski definition) is 2. The number of aliphatic carboxylic acids is 2. The number of nitrogens with zero attached hydrogens (tertiary/aromatic N) is 2. The predicted octanol–water partition coefficient (Wildman–Crippen LogP) is 1.26. The van der Waals surface area contributed by atoms with Gasteiger partial charge in [0.15, 0.2) is 10.1 Å². The van der Waals surface area contributed by atoms with E-state index in [2.05, 4.69) is 15.0 Å². The SMILES string of the molecule is CON=C(CSc1nc(C)c(CC(=O)O)s1)C(=O)O. The van der Waals surface area contributed by atoms with Crippen molar-refractivity contribution in [3.63, 3.8) is 0 Å². The molecule has 0 fully saturated rings. The summed E-state index contributed by atoms with van der Waals surface area (Å²) in [6, 6.07) is 0. The van der Waals surface area contributed by atoms with Gasteiger partial charge in [0.25, 0.3) is 0 Å². The quantitative estimate of drug-likeness (QED) is 0.443. The Balaban J connectivity index is 2.70. The maximum Gasteiger partial charge on any atom is 0.354 e. The molecule has 0 aromatic carbocycles. The van der Waals surface area contributed by atoms with Gasteiger partial charge in [0.2, 0.25) is 0 Å². The molecule has 0 spiro atoms. The highest BCUT2D eigenvalue weighted by Gasteiger charge is 2.15. The van der Waals surface area contributed by atoms with E-state index in [-0.39, 0.29) is 17.9 Å². The maximum atomic E-state index is 10.8. The van der Waals surface area contributed by atoms with Crippen LogP contribution in [0.4, 0.5) is 0 Å². The van der Waals surface area contributed by atoms with Gasteiger partial charge in [-0.25, -0.2) is 9.78 Å². The number of oxime groups is 1. The maximum absolute atomic E-state index is 10.8. The number of aryl methyl sites for hydroxylation is 1. The van der Waals surface area contributed by atoms with Crippen LogP contribution in [0, 0.1) is 6.92 Å². The van der Waals surface area contributed by atoms with Crippen LogP contribution in [0.3, 0.4) is 0 Å². The minimum absolute atomic E-state index is 0.0813. The first-order chi connectivity index (χ1) is 8.93. The topological polar surface area (TPSA) is 109 Å². The van der Waals surface area contributed by atoms with Crippen molar-refractivity contribution in [2.24, 2.45) is 5.16 Å². The van der Waals surface area contributed by atoms with Crippen molar-refractivity contribution in [2.75, 3.05) is 12.9 Å². The lowest BCUT2D eigenvalue weighted by Gasteiger charge is -1.97. The van der Waals surface area contributed by atoms with E-state index in [1.165, 1.54) is 30.2 Å². The Morgan fingerprint density at radius 1 is 1.47 bits per heavy atom. The average Bonchev–Trinajstić information content (AvgIpc) is 2.64. The molecule has 7 nitrogen and oxygen atoms in total. The molecule has 0 aliphatic rings. The smallest absolute Gasteiger partial charge is 0.354 e. The van der Waals surface area contributed by atoms with Crippen molar-refractivity contribution >= 4 is 40.7 Å². The largest absolute Gasteiger partial charge is 0.481 e. The van der Waals surface area contributed by atoms with Gasteiger partial charge in [-0.1, -0.05) is 16.9 Å². The van der Waals surface area contributed by atoms with E-state index in [4.69, 9.17) is 10.2 Å². The van der Waals surface area contributed by atoms with Crippen LogP contribution in [0.5, 0.6) is 0 Å². The van der Waals surface area contributed by atoms with Crippen molar-refractivity contribution in [2.45, 2.75) is 17.7 Å². The number of carbonyl (C=O) groups is 2. The summed E-state index contributed by atoms with van der Waals surface area (Å²) >= 11 is 2.42. The molecule has 0 saturated carbocycles. The van der Waals surface area contributed by atoms with Gasteiger partial charge in [-0.3, -0.25) is 4.79 Å². The van der Waals surface area contributed by atoms with Gasteiger partial charge in [-0.15, -0.1) is 11.3 Å². The standard InChI is InChI=1S/C10H12N2O5S2/c1-5-7(3-8(13)14)19-10(11-5)18-4-6(9(15)16)12-17-2/h3-4H2,1-2H3,(H,13,14)(H,15,16). The lowest BCUT2D eigenvalue weighted by molar-refractivity contribution is -0.136. The Kier molecular flexibility index (Phi) is 5.77. The van der Waals surface area contributed by atoms with Crippen LogP contribution in [-0.4, -0.2) is 45.7 Å². The summed E-state index contributed by atoms with van der Waals surface area (Å²) in [6.07, 6.45) is -0.0813. The molecule has 2 N–H and O–H groups in total. The summed E-state index contributed by atoms with van der Waals surface area (Å²) < 4.78 is 0.610. The molecule has 1 rings (SSSR count). The summed E-state index contributed by atoms with van der Waals surface area (Å²) in [5, 5.41) is 21.0. The Morgan fingerprint density at radius 3 is 2.68 bits per heavy atom. The summed E-state index contributed by atoms with van der Waals surface area (Å²) in [5.74, 6) is -1.98. The van der Waals surface area contributed by atoms with Crippen molar-refractivity contribution in [3.05, 3.63) is 10.6 Å². The van der Waals surface area contributed by atoms with Gasteiger partial charge in [-0.2, -0.15) is 0 Å². The highest BCUT2D eigenvalue weighted by atomic mass is 32.2. The number of hydrogen-bond acceptors (Lipinski definition) is 7. The van der Waals surface area contributed by atoms with Crippen LogP contribution in [0.25, 0.3) is 0 Å². The van der Waals surface area contributed by atoms with E-state index in [0.29, 0.717) is 14.9 Å². The van der Waals surface area contributed by atoms with Crippen molar-refractivity contribution < 1.29 is 24.6 Å². The molecule has 0 radical (unpaired) electrons. The van der Waals surface area contributed by atoms with Gasteiger partial charge < -0.3 is 15.1 Å². The number of carboxylic acids is 2. The molecule has 1 aromatic heterocycles. The Morgan fingerprint density at radius 2 is 2.16 bits per heavy atom. The zero-order chi connectivity index (χ0) is 14.4. The fourth-order valence-corrected chi connectivity index (χ4v) is 3.27. The first kappa shape index (κ1) is 15.4. The van der Waals surface area contributed by atoms with E-state index in [9.17, 15) is 9.59 Å². The number of thioether (sulfide) groups is 1. The van der Waals surface area contributed by atoms with Gasteiger partial charge in [-0.05, 0) is 6.92 Å². The Labute approximate surface area is 117 Å². The van der Waals surface area contributed by atoms with Crippen LogP contribution < -0.4 is 0 Å². The molecule has 0 saturated heterocycles. The molecule has 0 bridgehead atoms. The zero-order valence-corrected chi connectivity index (χ0v) is 11.9. The monoisotopic (exact) mass is 304 g/mol. The third-order valence-electron chi connectivity index (χ3n) is 1.97. The van der Waals surface area contributed by atoms with Crippen molar-refractivity contribution in [3.8, 4) is 0 Å². The Hall–Kier alpha value is -1.61. The number of thiazole rings is 1. The molecule has 9 heteroatoms. The van der Waals surface area contributed by atoms with Crippen LogP contribution >= 0.6 is 23.1 Å². The minimum atomic E-state index is -1.16. The molecule has 0 atom stereocenters. The van der Waals surface area contributed by atoms with Gasteiger partial charge in [0, 0.05) is 4.88 Å². The molecule has 0 amide bonds. The van der Waals surface area contributed by atoms with E-state index in [1.807, 2.05) is 0 Å². The highest BCUT2D eigenvalue weighted by molar-refractivity contribution is 8.01. The molecule has 104 valence electrons. The second kappa shape index (κ2) is 7.10. The minimum Gasteiger partial charge on any atom is -0.481 e. The van der Waals surface area contributed by atoms with Crippen molar-refractivity contribution in [1.29, 1.82) is 0 Å². The summed E-state index contributed by atoms with van der Waals surface area (Å²) in [6.45, 7) is 1.72. The predicted molar refractivity (Wildman–Crippen MR) is 71.0 cm³/mol. The molecular formula is C10H12N2O5S2. The third-order valence-corrected chi connectivity index (χ3v) is 4.28. The average molecular weight is 304 g/mol. The number of carboxylic acid groups (broad SMARTS) is 2. The Bertz CT molecular complexity index is 512. The normalized spacial score (nSPS) is 11.4. The van der Waals surface area contributed by atoms with Crippen LogP contribution in [0.1, 0.15) is 10.6 Å². The van der Waals surface area contributed by atoms with Gasteiger partial charge in [0.1, 0.15) is 7.11 Å². The van der Waals surface area contributed by atoms with Crippen LogP contribution in [0.2, 0.25) is 0 Å². The summed E-state index contributed by atoms with van der Waals surface area (Å²) in [5.41, 5.74) is 0.524. The second-order valence-electron chi connectivity index (χ2n) is 3.37. The first-order valence-corrected chi connectivity index (χ1v) is 6.88. The molecule has 19 heavy (non-hydrogen) atoms. The lowest BCUT2D eigenvalue weighted by atomic mass is 10.3. The van der Waals surface area contributed by atoms with Gasteiger partial charge in [0.05, 0.1) is 17.9 Å². The number of rotatable bonds is 7. The molecule has 0 aliphatic heterocycles. The zero-order valence-electron chi connectivity index (χ0n) is 10.2. The summed E-state index contributed by atoms with van der Waals surface area (Å²) in [7, 11) is 1.27. The number of aromatic nitrogens is 1. The fraction of sp³-hybridized carbons (Fsp3) is 0.400. The van der Waals surface area contributed by atoms with E-state index >= 15 is 0 Å². The van der Waals surface area contributed by atoms with Crippen molar-refractivity contribution in [1.82, 2.24) is 4.98 Å². The lowest BCUT2D eigenvalue weighted by Crippen LogP contribution is -2.15. The molecule has 0 unspecified atom stereocenters. The van der Waals surface area contributed by atoms with Gasteiger partial charge >= 0.3 is 11.9 Å². The molecule has 1 heterocycles. The van der Waals surface area contributed by atoms with Crippen LogP contribution in [0.15, 0.2) is 9.50 Å². The second-order valence-corrected chi connectivity index (χ2v) is 5.68.